The number of rotatable bonds is 5. The quantitative estimate of drug-likeness (QED) is 0.778. The van der Waals surface area contributed by atoms with E-state index in [9.17, 15) is 4.79 Å². The fourth-order valence-electron chi connectivity index (χ4n) is 2.71. The molecule has 0 unspecified atom stereocenters. The predicted octanol–water partition coefficient (Wildman–Crippen LogP) is 2.36. The number of carbonyl (C=O) groups excluding carboxylic acids is 1. The summed E-state index contributed by atoms with van der Waals surface area (Å²) in [6, 6.07) is 14.1. The van der Waals surface area contributed by atoms with Crippen molar-refractivity contribution in [2.45, 2.75) is 25.3 Å². The van der Waals surface area contributed by atoms with Crippen LogP contribution in [0.3, 0.4) is 0 Å². The molecule has 1 N–H and O–H groups in total. The third-order valence-corrected chi connectivity index (χ3v) is 4.15. The minimum absolute atomic E-state index is 0.0515. The number of pyridine rings is 1. The maximum atomic E-state index is 12.5. The van der Waals surface area contributed by atoms with Gasteiger partial charge in [-0.15, -0.1) is 5.10 Å². The van der Waals surface area contributed by atoms with E-state index >= 15 is 0 Å². The number of aromatic nitrogens is 4. The molecule has 3 aromatic rings. The topological polar surface area (TPSA) is 72.7 Å². The van der Waals surface area contributed by atoms with E-state index in [0.29, 0.717) is 29.4 Å². The molecule has 1 aromatic carbocycles. The molecule has 6 heteroatoms. The van der Waals surface area contributed by atoms with E-state index in [1.54, 1.807) is 16.9 Å². The Hall–Kier alpha value is -3.02. The molecule has 126 valence electrons. The van der Waals surface area contributed by atoms with Gasteiger partial charge in [0.25, 0.3) is 5.91 Å². The highest BCUT2D eigenvalue weighted by molar-refractivity contribution is 5.95. The number of nitrogens with one attached hydrogen (secondary N) is 1. The molecular formula is C19H19N5O. The van der Waals surface area contributed by atoms with E-state index in [4.69, 9.17) is 4.98 Å². The lowest BCUT2D eigenvalue weighted by atomic mass is 10.1. The molecular weight excluding hydrogens is 314 g/mol. The zero-order valence-corrected chi connectivity index (χ0v) is 14.0. The van der Waals surface area contributed by atoms with Gasteiger partial charge in [-0.05, 0) is 30.5 Å². The summed E-state index contributed by atoms with van der Waals surface area (Å²) in [4.78, 5) is 17.2. The molecule has 1 fully saturated rings. The molecule has 6 nitrogen and oxygen atoms in total. The van der Waals surface area contributed by atoms with Gasteiger partial charge in [-0.2, -0.15) is 0 Å². The number of amides is 1. The summed E-state index contributed by atoms with van der Waals surface area (Å²) < 4.78 is 1.63. The van der Waals surface area contributed by atoms with Crippen LogP contribution < -0.4 is 5.32 Å². The van der Waals surface area contributed by atoms with Crippen LogP contribution in [0.1, 0.15) is 34.5 Å². The fourth-order valence-corrected chi connectivity index (χ4v) is 2.71. The second-order valence-electron chi connectivity index (χ2n) is 6.42. The first kappa shape index (κ1) is 15.5. The lowest BCUT2D eigenvalue weighted by molar-refractivity contribution is 0.0951. The highest BCUT2D eigenvalue weighted by Gasteiger charge is 2.24. The monoisotopic (exact) mass is 333 g/mol. The Morgan fingerprint density at radius 3 is 2.68 bits per heavy atom. The fraction of sp³-hybridized carbons (Fsp3) is 0.263. The normalized spacial score (nSPS) is 13.6. The molecule has 0 spiro atoms. The molecule has 0 atom stereocenters. The summed E-state index contributed by atoms with van der Waals surface area (Å²) in [7, 11) is 1.81. The van der Waals surface area contributed by atoms with Gasteiger partial charge in [-0.1, -0.05) is 35.5 Å². The number of aryl methyl sites for hydroxylation is 1. The number of benzene rings is 1. The van der Waals surface area contributed by atoms with Crippen LogP contribution in [0, 0.1) is 0 Å². The van der Waals surface area contributed by atoms with Gasteiger partial charge in [0.1, 0.15) is 5.69 Å². The molecule has 1 aliphatic rings. The van der Waals surface area contributed by atoms with Crippen LogP contribution in [0.15, 0.2) is 48.7 Å². The Morgan fingerprint density at radius 2 is 2.00 bits per heavy atom. The van der Waals surface area contributed by atoms with Crippen LogP contribution in [0.25, 0.3) is 11.4 Å². The van der Waals surface area contributed by atoms with Crippen LogP contribution in [0.5, 0.6) is 0 Å². The first-order chi connectivity index (χ1) is 12.2. The van der Waals surface area contributed by atoms with Crippen LogP contribution in [-0.4, -0.2) is 31.9 Å². The van der Waals surface area contributed by atoms with Crippen molar-refractivity contribution in [1.82, 2.24) is 25.3 Å². The molecule has 1 aliphatic carbocycles. The van der Waals surface area contributed by atoms with Gasteiger partial charge in [0.15, 0.2) is 0 Å². The molecule has 4 rings (SSSR count). The lowest BCUT2D eigenvalue weighted by Crippen LogP contribution is -2.25. The molecule has 0 saturated heterocycles. The minimum Gasteiger partial charge on any atom is -0.349 e. The average Bonchev–Trinajstić information content (AvgIpc) is 3.33. The van der Waals surface area contributed by atoms with E-state index in [2.05, 4.69) is 27.8 Å². The Kier molecular flexibility index (Phi) is 4.01. The molecule has 2 heterocycles. The van der Waals surface area contributed by atoms with Crippen molar-refractivity contribution >= 4 is 5.91 Å². The van der Waals surface area contributed by atoms with Crippen LogP contribution >= 0.6 is 0 Å². The number of nitrogens with zero attached hydrogens (tertiary/aromatic N) is 4. The van der Waals surface area contributed by atoms with Crippen molar-refractivity contribution in [3.63, 3.8) is 0 Å². The first-order valence-electron chi connectivity index (χ1n) is 8.40. The summed E-state index contributed by atoms with van der Waals surface area (Å²) in [6.45, 7) is 0. The largest absolute Gasteiger partial charge is 0.349 e. The molecule has 2 aromatic heterocycles. The van der Waals surface area contributed by atoms with Gasteiger partial charge in [-0.3, -0.25) is 14.5 Å². The Labute approximate surface area is 145 Å². The smallest absolute Gasteiger partial charge is 0.251 e. The van der Waals surface area contributed by atoms with Gasteiger partial charge >= 0.3 is 0 Å². The van der Waals surface area contributed by atoms with Crippen molar-refractivity contribution < 1.29 is 4.79 Å². The Morgan fingerprint density at radius 1 is 1.20 bits per heavy atom. The third kappa shape index (κ3) is 3.74. The predicted molar refractivity (Wildman–Crippen MR) is 94.0 cm³/mol. The van der Waals surface area contributed by atoms with E-state index in [-0.39, 0.29) is 5.91 Å². The second kappa shape index (κ2) is 6.47. The van der Waals surface area contributed by atoms with Crippen LogP contribution in [0.2, 0.25) is 0 Å². The summed E-state index contributed by atoms with van der Waals surface area (Å²) in [5, 5.41) is 11.1. The molecule has 25 heavy (non-hydrogen) atoms. The number of hydrogen-bond acceptors (Lipinski definition) is 4. The Balaban J connectivity index is 1.70. The number of carbonyl (C=O) groups is 1. The van der Waals surface area contributed by atoms with Gasteiger partial charge in [-0.25, -0.2) is 0 Å². The van der Waals surface area contributed by atoms with E-state index in [1.165, 1.54) is 0 Å². The average molecular weight is 333 g/mol. The standard InChI is InChI=1S/C19H19N5O/c1-24-12-18(22-23-24)17-11-14(19(25)21-15-7-8-15)10-16(20-17)9-13-5-3-2-4-6-13/h2-6,10-12,15H,7-9H2,1H3,(H,21,25). The van der Waals surface area contributed by atoms with E-state index in [1.807, 2.05) is 31.3 Å². The summed E-state index contributed by atoms with van der Waals surface area (Å²) in [5.41, 5.74) is 3.95. The van der Waals surface area contributed by atoms with Crippen molar-refractivity contribution in [2.75, 3.05) is 0 Å². The van der Waals surface area contributed by atoms with Gasteiger partial charge in [0, 0.05) is 30.8 Å². The summed E-state index contributed by atoms with van der Waals surface area (Å²) in [6.07, 6.45) is 4.59. The van der Waals surface area contributed by atoms with Crippen molar-refractivity contribution in [2.24, 2.45) is 7.05 Å². The van der Waals surface area contributed by atoms with Crippen molar-refractivity contribution in [3.8, 4) is 11.4 Å². The Bertz CT molecular complexity index is 899. The highest BCUT2D eigenvalue weighted by atomic mass is 16.1. The third-order valence-electron chi connectivity index (χ3n) is 4.15. The molecule has 0 aliphatic heterocycles. The first-order valence-corrected chi connectivity index (χ1v) is 8.40. The van der Waals surface area contributed by atoms with Crippen molar-refractivity contribution in [3.05, 3.63) is 65.5 Å². The molecule has 0 radical (unpaired) electrons. The molecule has 1 amide bonds. The van der Waals surface area contributed by atoms with Crippen molar-refractivity contribution in [1.29, 1.82) is 0 Å². The maximum absolute atomic E-state index is 12.5. The highest BCUT2D eigenvalue weighted by Crippen LogP contribution is 2.22. The van der Waals surface area contributed by atoms with Gasteiger partial charge in [0.05, 0.1) is 11.9 Å². The second-order valence-corrected chi connectivity index (χ2v) is 6.42. The zero-order valence-electron chi connectivity index (χ0n) is 14.0. The zero-order chi connectivity index (χ0) is 17.2. The summed E-state index contributed by atoms with van der Waals surface area (Å²) in [5.74, 6) is -0.0515. The van der Waals surface area contributed by atoms with Crippen LogP contribution in [0.4, 0.5) is 0 Å². The van der Waals surface area contributed by atoms with E-state index in [0.717, 1.165) is 24.1 Å². The summed E-state index contributed by atoms with van der Waals surface area (Å²) >= 11 is 0. The van der Waals surface area contributed by atoms with Gasteiger partial charge < -0.3 is 5.32 Å². The maximum Gasteiger partial charge on any atom is 0.251 e. The lowest BCUT2D eigenvalue weighted by Gasteiger charge is -2.08. The van der Waals surface area contributed by atoms with Crippen LogP contribution in [-0.2, 0) is 13.5 Å². The molecule has 1 saturated carbocycles. The minimum atomic E-state index is -0.0515. The number of hydrogen-bond donors (Lipinski definition) is 1. The SMILES string of the molecule is Cn1cc(-c2cc(C(=O)NC3CC3)cc(Cc3ccccc3)n2)nn1. The molecule has 0 bridgehead atoms. The van der Waals surface area contributed by atoms with E-state index < -0.39 is 0 Å². The van der Waals surface area contributed by atoms with Gasteiger partial charge in [0.2, 0.25) is 0 Å².